The van der Waals surface area contributed by atoms with Crippen LogP contribution in [0.1, 0.15) is 13.8 Å². The van der Waals surface area contributed by atoms with Crippen LogP contribution in [-0.2, 0) is 0 Å². The van der Waals surface area contributed by atoms with E-state index in [9.17, 15) is 4.79 Å². The number of hydrogen-bond acceptors (Lipinski definition) is 4. The molecule has 0 aliphatic rings. The number of nitrogens with two attached hydrogens (primary N) is 1. The summed E-state index contributed by atoms with van der Waals surface area (Å²) in [5.74, 6) is 0.564. The Hall–Kier alpha value is -1.52. The van der Waals surface area contributed by atoms with Crippen molar-refractivity contribution in [3.05, 3.63) is 16.7 Å². The van der Waals surface area contributed by atoms with Crippen molar-refractivity contribution in [3.63, 3.8) is 0 Å². The first-order valence-corrected chi connectivity index (χ1v) is 4.28. The number of nitrogens with one attached hydrogen (secondary N) is 1. The van der Waals surface area contributed by atoms with Gasteiger partial charge in [0, 0.05) is 13.1 Å². The van der Waals surface area contributed by atoms with E-state index in [4.69, 9.17) is 5.73 Å². The Balaban J connectivity index is 3.13. The zero-order valence-electron chi connectivity index (χ0n) is 7.87. The molecular weight excluding hydrogens is 168 g/mol. The van der Waals surface area contributed by atoms with Crippen molar-refractivity contribution in [1.29, 1.82) is 0 Å². The molecular formula is C8H14N4O. The monoisotopic (exact) mass is 182 g/mol. The van der Waals surface area contributed by atoms with Crippen LogP contribution in [0.4, 0.5) is 11.5 Å². The van der Waals surface area contributed by atoms with Gasteiger partial charge in [-0.3, -0.25) is 4.79 Å². The summed E-state index contributed by atoms with van der Waals surface area (Å²) in [5, 5.41) is 0. The highest BCUT2D eigenvalue weighted by molar-refractivity contribution is 5.60. The van der Waals surface area contributed by atoms with E-state index in [1.165, 1.54) is 6.33 Å². The van der Waals surface area contributed by atoms with Crippen molar-refractivity contribution >= 4 is 11.5 Å². The third-order valence-corrected chi connectivity index (χ3v) is 1.93. The van der Waals surface area contributed by atoms with Crippen molar-refractivity contribution < 1.29 is 0 Å². The number of nitrogen functional groups attached to an aromatic ring is 1. The molecule has 1 aromatic rings. The molecule has 0 aliphatic carbocycles. The third kappa shape index (κ3) is 1.80. The number of anilines is 2. The second kappa shape index (κ2) is 3.93. The van der Waals surface area contributed by atoms with Crippen molar-refractivity contribution in [3.8, 4) is 0 Å². The van der Waals surface area contributed by atoms with E-state index in [1.807, 2.05) is 18.7 Å². The van der Waals surface area contributed by atoms with Gasteiger partial charge in [-0.25, -0.2) is 4.98 Å². The molecule has 72 valence electrons. The van der Waals surface area contributed by atoms with E-state index in [1.54, 1.807) is 0 Å². The molecule has 0 radical (unpaired) electrons. The minimum Gasteiger partial charge on any atom is -0.391 e. The summed E-state index contributed by atoms with van der Waals surface area (Å²) in [6.45, 7) is 5.56. The Labute approximate surface area is 76.6 Å². The van der Waals surface area contributed by atoms with E-state index >= 15 is 0 Å². The predicted octanol–water partition coefficient (Wildman–Crippen LogP) is 0.198. The van der Waals surface area contributed by atoms with Crippen LogP contribution < -0.4 is 16.2 Å². The molecule has 0 saturated carbocycles. The van der Waals surface area contributed by atoms with E-state index in [-0.39, 0.29) is 11.2 Å². The van der Waals surface area contributed by atoms with Gasteiger partial charge in [0.15, 0.2) is 5.82 Å². The van der Waals surface area contributed by atoms with Crippen LogP contribution >= 0.6 is 0 Å². The summed E-state index contributed by atoms with van der Waals surface area (Å²) >= 11 is 0. The smallest absolute Gasteiger partial charge is 0.276 e. The van der Waals surface area contributed by atoms with Gasteiger partial charge in [0.1, 0.15) is 5.69 Å². The van der Waals surface area contributed by atoms with Gasteiger partial charge in [-0.15, -0.1) is 0 Å². The highest BCUT2D eigenvalue weighted by Crippen LogP contribution is 2.13. The molecule has 0 aliphatic heterocycles. The van der Waals surface area contributed by atoms with Gasteiger partial charge in [-0.1, -0.05) is 0 Å². The SMILES string of the molecule is CCN(CC)c1nc[nH]c(=O)c1N. The molecule has 0 fully saturated rings. The van der Waals surface area contributed by atoms with E-state index in [2.05, 4.69) is 9.97 Å². The number of hydrogen-bond donors (Lipinski definition) is 2. The second-order valence-electron chi connectivity index (χ2n) is 2.64. The fraction of sp³-hybridized carbons (Fsp3) is 0.500. The van der Waals surface area contributed by atoms with Crippen molar-refractivity contribution in [2.75, 3.05) is 23.7 Å². The lowest BCUT2D eigenvalue weighted by Gasteiger charge is -2.20. The quantitative estimate of drug-likeness (QED) is 0.700. The molecule has 0 saturated heterocycles. The van der Waals surface area contributed by atoms with Crippen LogP contribution in [0.25, 0.3) is 0 Å². The van der Waals surface area contributed by atoms with Gasteiger partial charge in [0.25, 0.3) is 5.56 Å². The Bertz CT molecular complexity index is 329. The fourth-order valence-corrected chi connectivity index (χ4v) is 1.18. The van der Waals surface area contributed by atoms with E-state index < -0.39 is 0 Å². The Morgan fingerprint density at radius 3 is 2.69 bits per heavy atom. The zero-order chi connectivity index (χ0) is 9.84. The highest BCUT2D eigenvalue weighted by Gasteiger charge is 2.09. The molecule has 1 heterocycles. The Kier molecular flexibility index (Phi) is 2.89. The number of nitrogens with zero attached hydrogens (tertiary/aromatic N) is 2. The lowest BCUT2D eigenvalue weighted by atomic mass is 10.4. The van der Waals surface area contributed by atoms with Crippen LogP contribution in [0, 0.1) is 0 Å². The maximum absolute atomic E-state index is 11.1. The predicted molar refractivity (Wildman–Crippen MR) is 52.8 cm³/mol. The molecule has 13 heavy (non-hydrogen) atoms. The number of H-pyrrole nitrogens is 1. The molecule has 1 rings (SSSR count). The maximum atomic E-state index is 11.1. The van der Waals surface area contributed by atoms with Gasteiger partial charge in [-0.05, 0) is 13.8 Å². The van der Waals surface area contributed by atoms with Crippen molar-refractivity contribution in [2.45, 2.75) is 13.8 Å². The van der Waals surface area contributed by atoms with Gasteiger partial charge in [0.2, 0.25) is 0 Å². The first-order valence-electron chi connectivity index (χ1n) is 4.28. The lowest BCUT2D eigenvalue weighted by Crippen LogP contribution is -2.27. The number of aromatic nitrogens is 2. The number of rotatable bonds is 3. The minimum atomic E-state index is -0.281. The summed E-state index contributed by atoms with van der Waals surface area (Å²) < 4.78 is 0. The van der Waals surface area contributed by atoms with Gasteiger partial charge in [0.05, 0.1) is 6.33 Å². The Morgan fingerprint density at radius 1 is 1.54 bits per heavy atom. The molecule has 0 spiro atoms. The largest absolute Gasteiger partial charge is 0.391 e. The molecule has 5 heteroatoms. The average Bonchev–Trinajstić information content (AvgIpc) is 2.14. The molecule has 0 atom stereocenters. The van der Waals surface area contributed by atoms with E-state index in [0.717, 1.165) is 13.1 Å². The summed E-state index contributed by atoms with van der Waals surface area (Å²) in [7, 11) is 0. The van der Waals surface area contributed by atoms with Gasteiger partial charge in [-0.2, -0.15) is 0 Å². The summed E-state index contributed by atoms with van der Waals surface area (Å²) in [6.07, 6.45) is 1.37. The zero-order valence-corrected chi connectivity index (χ0v) is 7.87. The normalized spacial score (nSPS) is 10.0. The third-order valence-electron chi connectivity index (χ3n) is 1.93. The second-order valence-corrected chi connectivity index (χ2v) is 2.64. The molecule has 3 N–H and O–H groups in total. The van der Waals surface area contributed by atoms with Crippen molar-refractivity contribution in [2.24, 2.45) is 0 Å². The Morgan fingerprint density at radius 2 is 2.15 bits per heavy atom. The molecule has 1 aromatic heterocycles. The average molecular weight is 182 g/mol. The molecule has 0 unspecified atom stereocenters. The van der Waals surface area contributed by atoms with E-state index in [0.29, 0.717) is 5.82 Å². The standard InChI is InChI=1S/C8H14N4O/c1-3-12(4-2)7-6(9)8(13)11-5-10-7/h5H,3-4,9H2,1-2H3,(H,10,11,13). The fourth-order valence-electron chi connectivity index (χ4n) is 1.18. The first-order chi connectivity index (χ1) is 6.20. The topological polar surface area (TPSA) is 75.0 Å². The van der Waals surface area contributed by atoms with Crippen molar-refractivity contribution in [1.82, 2.24) is 9.97 Å². The van der Waals surface area contributed by atoms with Crippen LogP contribution in [0.2, 0.25) is 0 Å². The minimum absolute atomic E-state index is 0.186. The van der Waals surface area contributed by atoms with Gasteiger partial charge < -0.3 is 15.6 Å². The van der Waals surface area contributed by atoms with Crippen LogP contribution in [0.5, 0.6) is 0 Å². The summed E-state index contributed by atoms with van der Waals surface area (Å²) in [5.41, 5.74) is 5.49. The molecule has 5 nitrogen and oxygen atoms in total. The maximum Gasteiger partial charge on any atom is 0.276 e. The molecule has 0 bridgehead atoms. The first kappa shape index (κ1) is 9.57. The van der Waals surface area contributed by atoms with Gasteiger partial charge >= 0.3 is 0 Å². The van der Waals surface area contributed by atoms with Crippen LogP contribution in [-0.4, -0.2) is 23.1 Å². The highest BCUT2D eigenvalue weighted by atomic mass is 16.1. The molecule has 0 aromatic carbocycles. The summed E-state index contributed by atoms with van der Waals surface area (Å²) in [6, 6.07) is 0. The summed E-state index contributed by atoms with van der Waals surface area (Å²) in [4.78, 5) is 19.5. The number of aromatic amines is 1. The van der Waals surface area contributed by atoms with Crippen LogP contribution in [0.3, 0.4) is 0 Å². The molecule has 0 amide bonds. The van der Waals surface area contributed by atoms with Crippen LogP contribution in [0.15, 0.2) is 11.1 Å². The lowest BCUT2D eigenvalue weighted by molar-refractivity contribution is 0.841.